The van der Waals surface area contributed by atoms with Crippen molar-refractivity contribution >= 4 is 44.1 Å². The van der Waals surface area contributed by atoms with Gasteiger partial charge in [-0.25, -0.2) is 4.98 Å². The normalized spacial score (nSPS) is 16.0. The number of nitro groups is 1. The van der Waals surface area contributed by atoms with E-state index >= 15 is 0 Å². The van der Waals surface area contributed by atoms with Crippen LogP contribution in [0, 0.1) is 10.1 Å². The number of rotatable bonds is 6. The molecule has 1 aliphatic rings. The maximum Gasteiger partial charge on any atom is 0.296 e. The van der Waals surface area contributed by atoms with Gasteiger partial charge in [0.05, 0.1) is 33.0 Å². The van der Waals surface area contributed by atoms with E-state index in [1.165, 1.54) is 58.9 Å². The van der Waals surface area contributed by atoms with E-state index in [1.807, 2.05) is 25.1 Å². The van der Waals surface area contributed by atoms with Crippen molar-refractivity contribution in [2.45, 2.75) is 19.4 Å². The quantitative estimate of drug-likeness (QED) is 0.232. The summed E-state index contributed by atoms with van der Waals surface area (Å²) >= 11 is 1.26. The number of nitrogens with zero attached hydrogens (tertiary/aromatic N) is 3. The van der Waals surface area contributed by atoms with Crippen molar-refractivity contribution in [3.8, 4) is 0 Å². The average Bonchev–Trinajstić information content (AvgIpc) is 3.57. The molecule has 4 aromatic rings. The molecule has 1 amide bonds. The van der Waals surface area contributed by atoms with Gasteiger partial charge < -0.3 is 9.52 Å². The number of aryl methyl sites for hydroxylation is 1. The van der Waals surface area contributed by atoms with Crippen LogP contribution in [0.15, 0.2) is 76.6 Å². The molecule has 1 atom stereocenters. The van der Waals surface area contributed by atoms with Gasteiger partial charge in [-0.2, -0.15) is 0 Å². The number of aliphatic hydroxyl groups is 1. The van der Waals surface area contributed by atoms with Crippen molar-refractivity contribution in [2.24, 2.45) is 0 Å². The lowest BCUT2D eigenvalue weighted by Crippen LogP contribution is -2.30. The van der Waals surface area contributed by atoms with Gasteiger partial charge in [0.1, 0.15) is 0 Å². The number of aliphatic hydroxyl groups excluding tert-OH is 1. The van der Waals surface area contributed by atoms with Crippen LogP contribution in [0.5, 0.6) is 0 Å². The van der Waals surface area contributed by atoms with E-state index in [0.29, 0.717) is 16.2 Å². The Kier molecular flexibility index (Phi) is 5.21. The van der Waals surface area contributed by atoms with E-state index in [2.05, 4.69) is 4.98 Å². The smallest absolute Gasteiger partial charge is 0.296 e. The molecule has 9 nitrogen and oxygen atoms in total. The number of aromatic nitrogens is 1. The zero-order valence-electron chi connectivity index (χ0n) is 17.8. The fourth-order valence-electron chi connectivity index (χ4n) is 3.95. The molecule has 3 heterocycles. The number of benzene rings is 2. The highest BCUT2D eigenvalue weighted by Crippen LogP contribution is 2.44. The first-order chi connectivity index (χ1) is 16.4. The third-order valence-corrected chi connectivity index (χ3v) is 6.69. The molecule has 10 heteroatoms. The van der Waals surface area contributed by atoms with Crippen LogP contribution >= 0.6 is 11.3 Å². The second-order valence-electron chi connectivity index (χ2n) is 7.65. The van der Waals surface area contributed by atoms with Crippen LogP contribution in [0.25, 0.3) is 10.2 Å². The number of anilines is 1. The number of nitro benzene ring substituents is 1. The molecule has 5 rings (SSSR count). The number of Topliss-reactive ketones (excluding diaryl/α,β-unsaturated/α-hetero) is 1. The fourth-order valence-corrected chi connectivity index (χ4v) is 5.00. The number of carbonyl (C=O) groups excluding carboxylic acids is 2. The molecular formula is C24H17N3O6S. The van der Waals surface area contributed by atoms with Gasteiger partial charge in [0.25, 0.3) is 11.6 Å². The predicted molar refractivity (Wildman–Crippen MR) is 125 cm³/mol. The lowest BCUT2D eigenvalue weighted by molar-refractivity contribution is -0.384. The van der Waals surface area contributed by atoms with E-state index < -0.39 is 28.4 Å². The van der Waals surface area contributed by atoms with Gasteiger partial charge in [0, 0.05) is 12.1 Å². The standard InChI is InChI=1S/C24H17N3O6S/c1-2-13-5-10-16-18(12-13)34-24(25-16)26-20(14-6-8-15(9-7-14)27(31)32)19(22(29)23(26)30)21(28)17-4-3-11-33-17/h3-12,20,29H,2H2,1H3. The average molecular weight is 475 g/mol. The van der Waals surface area contributed by atoms with Crippen molar-refractivity contribution in [3.05, 3.63) is 99.2 Å². The number of non-ortho nitro benzene ring substituents is 1. The van der Waals surface area contributed by atoms with Gasteiger partial charge in [-0.1, -0.05) is 24.3 Å². The Labute approximate surface area is 196 Å². The van der Waals surface area contributed by atoms with Crippen LogP contribution in [0.2, 0.25) is 0 Å². The maximum absolute atomic E-state index is 13.2. The van der Waals surface area contributed by atoms with Crippen molar-refractivity contribution in [3.63, 3.8) is 0 Å². The van der Waals surface area contributed by atoms with Crippen molar-refractivity contribution in [1.82, 2.24) is 4.98 Å². The van der Waals surface area contributed by atoms with Gasteiger partial charge in [-0.15, -0.1) is 0 Å². The van der Waals surface area contributed by atoms with Gasteiger partial charge in [-0.3, -0.25) is 24.6 Å². The number of amides is 1. The number of carbonyl (C=O) groups is 2. The summed E-state index contributed by atoms with van der Waals surface area (Å²) < 4.78 is 6.07. The van der Waals surface area contributed by atoms with Gasteiger partial charge >= 0.3 is 0 Å². The fraction of sp³-hybridized carbons (Fsp3) is 0.125. The van der Waals surface area contributed by atoms with Gasteiger partial charge in [0.15, 0.2) is 16.7 Å². The molecule has 170 valence electrons. The summed E-state index contributed by atoms with van der Waals surface area (Å²) in [5, 5.41) is 22.2. The second kappa shape index (κ2) is 8.23. The van der Waals surface area contributed by atoms with E-state index in [9.17, 15) is 24.8 Å². The Bertz CT molecular complexity index is 1470. The Balaban J connectivity index is 1.66. The molecule has 1 N–H and O–H groups in total. The van der Waals surface area contributed by atoms with Crippen LogP contribution in [0.3, 0.4) is 0 Å². The monoisotopic (exact) mass is 475 g/mol. The molecule has 0 radical (unpaired) electrons. The summed E-state index contributed by atoms with van der Waals surface area (Å²) in [5.74, 6) is -2.19. The largest absolute Gasteiger partial charge is 0.503 e. The molecule has 34 heavy (non-hydrogen) atoms. The van der Waals surface area contributed by atoms with Crippen LogP contribution < -0.4 is 4.90 Å². The second-order valence-corrected chi connectivity index (χ2v) is 8.66. The van der Waals surface area contributed by atoms with Crippen LogP contribution in [-0.4, -0.2) is 26.7 Å². The molecule has 1 aliphatic heterocycles. The summed E-state index contributed by atoms with van der Waals surface area (Å²) in [4.78, 5) is 42.9. The Morgan fingerprint density at radius 2 is 2.00 bits per heavy atom. The lowest BCUT2D eigenvalue weighted by Gasteiger charge is -2.24. The molecule has 0 fully saturated rings. The number of thiazole rings is 1. The van der Waals surface area contributed by atoms with Crippen LogP contribution in [0.4, 0.5) is 10.8 Å². The number of hydrogen-bond acceptors (Lipinski definition) is 8. The molecule has 0 saturated heterocycles. The number of ketones is 1. The molecular weight excluding hydrogens is 458 g/mol. The first-order valence-electron chi connectivity index (χ1n) is 10.4. The van der Waals surface area contributed by atoms with Gasteiger partial charge in [-0.05, 0) is 53.9 Å². The summed E-state index contributed by atoms with van der Waals surface area (Å²) in [6, 6.07) is 13.2. The summed E-state index contributed by atoms with van der Waals surface area (Å²) in [6.07, 6.45) is 2.15. The lowest BCUT2D eigenvalue weighted by atomic mass is 9.95. The minimum absolute atomic E-state index is 0.0417. The summed E-state index contributed by atoms with van der Waals surface area (Å²) in [6.45, 7) is 2.03. The minimum Gasteiger partial charge on any atom is -0.503 e. The molecule has 0 saturated carbocycles. The predicted octanol–water partition coefficient (Wildman–Crippen LogP) is 5.14. The van der Waals surface area contributed by atoms with Gasteiger partial charge in [0.2, 0.25) is 5.78 Å². The highest BCUT2D eigenvalue weighted by molar-refractivity contribution is 7.22. The van der Waals surface area contributed by atoms with E-state index in [4.69, 9.17) is 4.42 Å². The third kappa shape index (κ3) is 3.44. The zero-order chi connectivity index (χ0) is 24.0. The summed E-state index contributed by atoms with van der Waals surface area (Å²) in [7, 11) is 0. The van der Waals surface area contributed by atoms with Crippen molar-refractivity contribution in [2.75, 3.05) is 4.90 Å². The first kappa shape index (κ1) is 21.5. The number of fused-ring (bicyclic) bond motifs is 1. The van der Waals surface area contributed by atoms with Crippen molar-refractivity contribution in [1.29, 1.82) is 0 Å². The van der Waals surface area contributed by atoms with Crippen LogP contribution in [0.1, 0.15) is 34.6 Å². The Hall–Kier alpha value is -4.31. The van der Waals surface area contributed by atoms with Crippen LogP contribution in [-0.2, 0) is 11.2 Å². The zero-order valence-corrected chi connectivity index (χ0v) is 18.6. The Morgan fingerprint density at radius 3 is 2.65 bits per heavy atom. The topological polar surface area (TPSA) is 127 Å². The third-order valence-electron chi connectivity index (χ3n) is 5.67. The summed E-state index contributed by atoms with van der Waals surface area (Å²) in [5.41, 5.74) is 1.88. The maximum atomic E-state index is 13.2. The minimum atomic E-state index is -1.04. The highest BCUT2D eigenvalue weighted by Gasteiger charge is 2.46. The first-order valence-corrected chi connectivity index (χ1v) is 11.2. The number of hydrogen-bond donors (Lipinski definition) is 1. The Morgan fingerprint density at radius 1 is 1.24 bits per heavy atom. The van der Waals surface area contributed by atoms with Crippen molar-refractivity contribution < 1.29 is 24.0 Å². The highest BCUT2D eigenvalue weighted by atomic mass is 32.1. The molecule has 2 aromatic carbocycles. The van der Waals surface area contributed by atoms with E-state index in [1.54, 1.807) is 0 Å². The molecule has 2 aromatic heterocycles. The molecule has 0 aliphatic carbocycles. The SMILES string of the molecule is CCc1ccc2nc(N3C(=O)C(O)=C(C(=O)c4ccco4)C3c3ccc([N+](=O)[O-])cc3)sc2c1. The molecule has 0 spiro atoms. The van der Waals surface area contributed by atoms with E-state index in [-0.39, 0.29) is 17.0 Å². The van der Waals surface area contributed by atoms with E-state index in [0.717, 1.165) is 16.7 Å². The molecule has 0 bridgehead atoms. The molecule has 1 unspecified atom stereocenters. The number of furan rings is 1.